The molecule has 0 spiro atoms. The number of thiol groups is 1. The van der Waals surface area contributed by atoms with Crippen molar-refractivity contribution in [2.24, 2.45) is 0 Å². The number of aliphatic hydroxyl groups is 1. The summed E-state index contributed by atoms with van der Waals surface area (Å²) in [5.74, 6) is 0.844. The van der Waals surface area contributed by atoms with Crippen LogP contribution in [0, 0.1) is 0 Å². The average molecular weight is 149 g/mol. The van der Waals surface area contributed by atoms with Crippen LogP contribution >= 0.6 is 12.6 Å². The molecule has 0 aromatic rings. The molecular weight excluding hydrogens is 134 g/mol. The molecule has 1 unspecified atom stereocenters. The van der Waals surface area contributed by atoms with E-state index in [-0.39, 0.29) is 6.61 Å². The lowest BCUT2D eigenvalue weighted by Gasteiger charge is -2.21. The highest BCUT2D eigenvalue weighted by Gasteiger charge is 2.04. The van der Waals surface area contributed by atoms with E-state index in [0.717, 1.165) is 12.3 Å². The van der Waals surface area contributed by atoms with Crippen molar-refractivity contribution in [2.75, 3.05) is 26.0 Å². The molecule has 56 valence electrons. The normalized spacial score (nSPS) is 14.3. The Labute approximate surface area is 62.3 Å². The van der Waals surface area contributed by atoms with Crippen LogP contribution in [0.25, 0.3) is 0 Å². The Morgan fingerprint density at radius 3 is 2.56 bits per heavy atom. The quantitative estimate of drug-likeness (QED) is 0.559. The second-order valence-electron chi connectivity index (χ2n) is 2.24. The molecule has 0 radical (unpaired) electrons. The Bertz CT molecular complexity index is 70.1. The van der Waals surface area contributed by atoms with Gasteiger partial charge in [0.15, 0.2) is 0 Å². The second-order valence-corrected chi connectivity index (χ2v) is 2.60. The number of hydrogen-bond donors (Lipinski definition) is 2. The number of likely N-dealkylation sites (N-methyl/N-ethyl adjacent to an activating group) is 1. The zero-order valence-corrected chi connectivity index (χ0v) is 6.93. The summed E-state index contributed by atoms with van der Waals surface area (Å²) >= 11 is 4.12. The van der Waals surface area contributed by atoms with Crippen LogP contribution < -0.4 is 0 Å². The third-order valence-corrected chi connectivity index (χ3v) is 2.00. The molecule has 0 fully saturated rings. The standard InChI is InChI=1S/C6H15NOS/c1-6(5-9)7(2)3-4-8/h6,8-9H,3-5H2,1-2H3. The van der Waals surface area contributed by atoms with Gasteiger partial charge in [-0.25, -0.2) is 0 Å². The van der Waals surface area contributed by atoms with Gasteiger partial charge in [0.2, 0.25) is 0 Å². The summed E-state index contributed by atoms with van der Waals surface area (Å²) in [6.45, 7) is 3.05. The summed E-state index contributed by atoms with van der Waals surface area (Å²) in [4.78, 5) is 2.08. The molecule has 0 bridgehead atoms. The summed E-state index contributed by atoms with van der Waals surface area (Å²) < 4.78 is 0. The number of rotatable bonds is 4. The van der Waals surface area contributed by atoms with Crippen molar-refractivity contribution >= 4 is 12.6 Å². The number of nitrogens with zero attached hydrogens (tertiary/aromatic N) is 1. The molecule has 2 nitrogen and oxygen atoms in total. The predicted molar refractivity (Wildman–Crippen MR) is 43.0 cm³/mol. The van der Waals surface area contributed by atoms with Crippen LogP contribution in [0.5, 0.6) is 0 Å². The molecule has 0 heterocycles. The smallest absolute Gasteiger partial charge is 0.0558 e. The van der Waals surface area contributed by atoms with Crippen molar-refractivity contribution in [2.45, 2.75) is 13.0 Å². The molecule has 0 saturated carbocycles. The predicted octanol–water partition coefficient (Wildman–Crippen LogP) is 0.229. The van der Waals surface area contributed by atoms with Gasteiger partial charge in [-0.1, -0.05) is 0 Å². The maximum absolute atomic E-state index is 8.51. The SMILES string of the molecule is CC(CS)N(C)CCO. The number of aliphatic hydroxyl groups excluding tert-OH is 1. The Morgan fingerprint density at radius 2 is 2.22 bits per heavy atom. The first-order valence-corrected chi connectivity index (χ1v) is 3.77. The molecule has 0 aromatic heterocycles. The van der Waals surface area contributed by atoms with E-state index in [0.29, 0.717) is 6.04 Å². The highest BCUT2D eigenvalue weighted by Crippen LogP contribution is 1.95. The molecule has 0 amide bonds. The van der Waals surface area contributed by atoms with Gasteiger partial charge in [0.05, 0.1) is 6.61 Å². The van der Waals surface area contributed by atoms with E-state index in [9.17, 15) is 0 Å². The number of hydrogen-bond acceptors (Lipinski definition) is 3. The molecule has 3 heteroatoms. The minimum Gasteiger partial charge on any atom is -0.395 e. The molecule has 0 aromatic carbocycles. The minimum absolute atomic E-state index is 0.231. The van der Waals surface area contributed by atoms with Crippen molar-refractivity contribution in [3.05, 3.63) is 0 Å². The molecule has 9 heavy (non-hydrogen) atoms. The van der Waals surface area contributed by atoms with Crippen LogP contribution in [-0.2, 0) is 0 Å². The zero-order chi connectivity index (χ0) is 7.28. The highest BCUT2D eigenvalue weighted by atomic mass is 32.1. The summed E-state index contributed by atoms with van der Waals surface area (Å²) in [7, 11) is 1.98. The van der Waals surface area contributed by atoms with Crippen LogP contribution in [0.15, 0.2) is 0 Å². The van der Waals surface area contributed by atoms with Crippen molar-refractivity contribution < 1.29 is 5.11 Å². The van der Waals surface area contributed by atoms with Crippen molar-refractivity contribution in [1.29, 1.82) is 0 Å². The average Bonchev–Trinajstić information content (AvgIpc) is 1.87. The first-order valence-electron chi connectivity index (χ1n) is 3.14. The van der Waals surface area contributed by atoms with E-state index in [1.165, 1.54) is 0 Å². The first kappa shape index (κ1) is 9.27. The third-order valence-electron chi connectivity index (χ3n) is 1.47. The Hall–Kier alpha value is 0.270. The largest absolute Gasteiger partial charge is 0.395 e. The maximum atomic E-state index is 8.51. The first-order chi connectivity index (χ1) is 4.22. The maximum Gasteiger partial charge on any atom is 0.0558 e. The Balaban J connectivity index is 3.32. The van der Waals surface area contributed by atoms with Gasteiger partial charge in [-0.05, 0) is 14.0 Å². The molecule has 0 aliphatic carbocycles. The molecule has 1 atom stereocenters. The molecule has 1 N–H and O–H groups in total. The summed E-state index contributed by atoms with van der Waals surface area (Å²) in [5.41, 5.74) is 0. The van der Waals surface area contributed by atoms with Crippen molar-refractivity contribution in [1.82, 2.24) is 4.90 Å². The lowest BCUT2D eigenvalue weighted by atomic mass is 10.3. The molecular formula is C6H15NOS. The fourth-order valence-corrected chi connectivity index (χ4v) is 0.796. The van der Waals surface area contributed by atoms with Crippen molar-refractivity contribution in [3.8, 4) is 0 Å². The topological polar surface area (TPSA) is 23.5 Å². The summed E-state index contributed by atoms with van der Waals surface area (Å²) in [6.07, 6.45) is 0. The van der Waals surface area contributed by atoms with Crippen LogP contribution in [0.1, 0.15) is 6.92 Å². The van der Waals surface area contributed by atoms with Gasteiger partial charge < -0.3 is 10.0 Å². The molecule has 0 rings (SSSR count). The Kier molecular flexibility index (Phi) is 5.24. The minimum atomic E-state index is 0.231. The summed E-state index contributed by atoms with van der Waals surface area (Å²) in [6, 6.07) is 0.459. The van der Waals surface area contributed by atoms with Crippen LogP contribution in [0.2, 0.25) is 0 Å². The fourth-order valence-electron chi connectivity index (χ4n) is 0.518. The van der Waals surface area contributed by atoms with E-state index in [4.69, 9.17) is 5.11 Å². The van der Waals surface area contributed by atoms with Gasteiger partial charge in [0, 0.05) is 18.3 Å². The fraction of sp³-hybridized carbons (Fsp3) is 1.00. The van der Waals surface area contributed by atoms with Gasteiger partial charge in [-0.15, -0.1) is 0 Å². The lowest BCUT2D eigenvalue weighted by molar-refractivity contribution is 0.197. The van der Waals surface area contributed by atoms with Gasteiger partial charge >= 0.3 is 0 Å². The van der Waals surface area contributed by atoms with E-state index in [1.807, 2.05) is 7.05 Å². The third kappa shape index (κ3) is 3.78. The van der Waals surface area contributed by atoms with Gasteiger partial charge in [-0.2, -0.15) is 12.6 Å². The Morgan fingerprint density at radius 1 is 1.67 bits per heavy atom. The van der Waals surface area contributed by atoms with Crippen molar-refractivity contribution in [3.63, 3.8) is 0 Å². The van der Waals surface area contributed by atoms with Crippen LogP contribution in [-0.4, -0.2) is 42.0 Å². The highest BCUT2D eigenvalue weighted by molar-refractivity contribution is 7.80. The lowest BCUT2D eigenvalue weighted by Crippen LogP contribution is -2.32. The van der Waals surface area contributed by atoms with E-state index in [1.54, 1.807) is 0 Å². The van der Waals surface area contributed by atoms with E-state index >= 15 is 0 Å². The zero-order valence-electron chi connectivity index (χ0n) is 6.04. The van der Waals surface area contributed by atoms with E-state index < -0.39 is 0 Å². The monoisotopic (exact) mass is 149 g/mol. The molecule has 0 aliphatic heterocycles. The van der Waals surface area contributed by atoms with Gasteiger partial charge in [-0.3, -0.25) is 0 Å². The second kappa shape index (κ2) is 5.09. The van der Waals surface area contributed by atoms with Gasteiger partial charge in [0.1, 0.15) is 0 Å². The van der Waals surface area contributed by atoms with Gasteiger partial charge in [0.25, 0.3) is 0 Å². The van der Waals surface area contributed by atoms with Crippen LogP contribution in [0.3, 0.4) is 0 Å². The van der Waals surface area contributed by atoms with E-state index in [2.05, 4.69) is 24.5 Å². The molecule has 0 saturated heterocycles. The summed E-state index contributed by atoms with van der Waals surface area (Å²) in [5, 5.41) is 8.51. The van der Waals surface area contributed by atoms with Crippen LogP contribution in [0.4, 0.5) is 0 Å². The molecule has 0 aliphatic rings.